The fourth-order valence-corrected chi connectivity index (χ4v) is 3.14. The first-order chi connectivity index (χ1) is 12.5. The van der Waals surface area contributed by atoms with Crippen LogP contribution in [0.2, 0.25) is 5.02 Å². The standard InChI is InChI=1S/C19H20ClN3O3/c20-15-3-1-13(2-4-15)18(24)22-16-5-8-21-17(11-16)12-23-9-6-14(7-10-23)19(25)26/h1-5,8,11,14H,6-7,9-10,12H2,(H,25,26)(H,21,22,24). The van der Waals surface area contributed by atoms with Crippen molar-refractivity contribution in [3.63, 3.8) is 0 Å². The quantitative estimate of drug-likeness (QED) is 0.840. The Morgan fingerprint density at radius 1 is 1.19 bits per heavy atom. The van der Waals surface area contributed by atoms with E-state index >= 15 is 0 Å². The molecule has 2 N–H and O–H groups in total. The number of halogens is 1. The second-order valence-electron chi connectivity index (χ2n) is 6.39. The van der Waals surface area contributed by atoms with Crippen LogP contribution < -0.4 is 5.32 Å². The lowest BCUT2D eigenvalue weighted by atomic mass is 9.97. The summed E-state index contributed by atoms with van der Waals surface area (Å²) >= 11 is 5.84. The lowest BCUT2D eigenvalue weighted by molar-refractivity contribution is -0.143. The number of benzene rings is 1. The van der Waals surface area contributed by atoms with Gasteiger partial charge >= 0.3 is 5.97 Å². The first-order valence-electron chi connectivity index (χ1n) is 8.48. The monoisotopic (exact) mass is 373 g/mol. The number of likely N-dealkylation sites (tertiary alicyclic amines) is 1. The Bertz CT molecular complexity index is 787. The maximum Gasteiger partial charge on any atom is 0.306 e. The number of aliphatic carboxylic acids is 1. The van der Waals surface area contributed by atoms with Gasteiger partial charge in [-0.1, -0.05) is 11.6 Å². The molecule has 1 amide bonds. The molecule has 2 heterocycles. The van der Waals surface area contributed by atoms with Gasteiger partial charge in [0.1, 0.15) is 0 Å². The van der Waals surface area contributed by atoms with Crippen LogP contribution in [-0.2, 0) is 11.3 Å². The number of carbonyl (C=O) groups excluding carboxylic acids is 1. The van der Waals surface area contributed by atoms with E-state index < -0.39 is 5.97 Å². The average Bonchev–Trinajstić information content (AvgIpc) is 2.63. The minimum atomic E-state index is -0.713. The summed E-state index contributed by atoms with van der Waals surface area (Å²) in [6.07, 6.45) is 2.97. The summed E-state index contributed by atoms with van der Waals surface area (Å²) in [5, 5.41) is 12.5. The minimum absolute atomic E-state index is 0.207. The van der Waals surface area contributed by atoms with Crippen molar-refractivity contribution in [1.29, 1.82) is 0 Å². The van der Waals surface area contributed by atoms with Gasteiger partial charge in [0.25, 0.3) is 5.91 Å². The van der Waals surface area contributed by atoms with Crippen LogP contribution in [0.3, 0.4) is 0 Å². The van der Waals surface area contributed by atoms with E-state index in [1.165, 1.54) is 0 Å². The summed E-state index contributed by atoms with van der Waals surface area (Å²) in [6.45, 7) is 2.11. The predicted octanol–water partition coefficient (Wildman–Crippen LogP) is 3.28. The average molecular weight is 374 g/mol. The topological polar surface area (TPSA) is 82.5 Å². The highest BCUT2D eigenvalue weighted by Crippen LogP contribution is 2.20. The molecule has 1 aromatic carbocycles. The SMILES string of the molecule is O=C(Nc1ccnc(CN2CCC(C(=O)O)CC2)c1)c1ccc(Cl)cc1. The van der Waals surface area contributed by atoms with Crippen LogP contribution in [0, 0.1) is 5.92 Å². The van der Waals surface area contributed by atoms with Gasteiger partial charge < -0.3 is 10.4 Å². The molecular weight excluding hydrogens is 354 g/mol. The van der Waals surface area contributed by atoms with Gasteiger partial charge in [0.15, 0.2) is 0 Å². The molecule has 0 unspecified atom stereocenters. The highest BCUT2D eigenvalue weighted by Gasteiger charge is 2.24. The van der Waals surface area contributed by atoms with Crippen molar-refractivity contribution in [1.82, 2.24) is 9.88 Å². The number of hydrogen-bond acceptors (Lipinski definition) is 4. The molecule has 1 saturated heterocycles. The zero-order valence-electron chi connectivity index (χ0n) is 14.2. The Morgan fingerprint density at radius 3 is 2.54 bits per heavy atom. The molecule has 26 heavy (non-hydrogen) atoms. The summed E-state index contributed by atoms with van der Waals surface area (Å²) in [7, 11) is 0. The van der Waals surface area contributed by atoms with Crippen LogP contribution in [0.1, 0.15) is 28.9 Å². The number of nitrogens with zero attached hydrogens (tertiary/aromatic N) is 2. The molecule has 1 aliphatic rings. The Hall–Kier alpha value is -2.44. The number of amides is 1. The first kappa shape index (κ1) is 18.4. The van der Waals surface area contributed by atoms with Crippen molar-refractivity contribution in [2.75, 3.05) is 18.4 Å². The van der Waals surface area contributed by atoms with Gasteiger partial charge in [0.2, 0.25) is 0 Å². The van der Waals surface area contributed by atoms with E-state index in [2.05, 4.69) is 15.2 Å². The summed E-state index contributed by atoms with van der Waals surface area (Å²) in [5.74, 6) is -1.17. The maximum atomic E-state index is 12.3. The van der Waals surface area contributed by atoms with Gasteiger partial charge in [-0.2, -0.15) is 0 Å². The summed E-state index contributed by atoms with van der Waals surface area (Å²) in [5.41, 5.74) is 2.05. The van der Waals surface area contributed by atoms with E-state index in [4.69, 9.17) is 16.7 Å². The van der Waals surface area contributed by atoms with Gasteiger partial charge in [-0.25, -0.2) is 0 Å². The molecule has 1 fully saturated rings. The highest BCUT2D eigenvalue weighted by atomic mass is 35.5. The number of carboxylic acid groups (broad SMARTS) is 1. The summed E-state index contributed by atoms with van der Waals surface area (Å²) < 4.78 is 0. The van der Waals surface area contributed by atoms with Crippen LogP contribution in [0.15, 0.2) is 42.6 Å². The maximum absolute atomic E-state index is 12.3. The van der Waals surface area contributed by atoms with Crippen molar-refractivity contribution in [2.45, 2.75) is 19.4 Å². The Labute approximate surface area is 156 Å². The van der Waals surface area contributed by atoms with Crippen LogP contribution in [-0.4, -0.2) is 40.0 Å². The number of nitrogens with one attached hydrogen (secondary N) is 1. The second kappa shape index (κ2) is 8.29. The van der Waals surface area contributed by atoms with E-state index in [0.29, 0.717) is 35.7 Å². The van der Waals surface area contributed by atoms with Gasteiger partial charge in [0.05, 0.1) is 11.6 Å². The Morgan fingerprint density at radius 2 is 1.88 bits per heavy atom. The molecule has 3 rings (SSSR count). The molecule has 6 nitrogen and oxygen atoms in total. The van der Waals surface area contributed by atoms with E-state index in [0.717, 1.165) is 18.8 Å². The summed E-state index contributed by atoms with van der Waals surface area (Å²) in [6, 6.07) is 10.3. The number of carboxylic acids is 1. The molecule has 0 bridgehead atoms. The number of aromatic nitrogens is 1. The fraction of sp³-hybridized carbons (Fsp3) is 0.316. The minimum Gasteiger partial charge on any atom is -0.481 e. The van der Waals surface area contributed by atoms with E-state index in [-0.39, 0.29) is 11.8 Å². The largest absolute Gasteiger partial charge is 0.481 e. The molecule has 0 spiro atoms. The molecule has 0 saturated carbocycles. The molecule has 2 aromatic rings. The highest BCUT2D eigenvalue weighted by molar-refractivity contribution is 6.30. The third-order valence-electron chi connectivity index (χ3n) is 4.50. The second-order valence-corrected chi connectivity index (χ2v) is 6.82. The van der Waals surface area contributed by atoms with E-state index in [1.54, 1.807) is 36.5 Å². The van der Waals surface area contributed by atoms with Crippen LogP contribution in [0.5, 0.6) is 0 Å². The smallest absolute Gasteiger partial charge is 0.306 e. The van der Waals surface area contributed by atoms with Gasteiger partial charge in [-0.15, -0.1) is 0 Å². The van der Waals surface area contributed by atoms with Crippen molar-refractivity contribution >= 4 is 29.2 Å². The van der Waals surface area contributed by atoms with E-state index in [9.17, 15) is 9.59 Å². The first-order valence-corrected chi connectivity index (χ1v) is 8.86. The molecule has 0 atom stereocenters. The molecule has 1 aliphatic heterocycles. The third kappa shape index (κ3) is 4.80. The number of carbonyl (C=O) groups is 2. The van der Waals surface area contributed by atoms with E-state index in [1.807, 2.05) is 6.07 Å². The molecule has 0 aliphatic carbocycles. The van der Waals surface area contributed by atoms with Crippen molar-refractivity contribution < 1.29 is 14.7 Å². The number of pyridine rings is 1. The normalized spacial score (nSPS) is 15.6. The fourth-order valence-electron chi connectivity index (χ4n) is 3.01. The lowest BCUT2D eigenvalue weighted by Crippen LogP contribution is -2.36. The van der Waals surface area contributed by atoms with Crippen molar-refractivity contribution in [2.24, 2.45) is 5.92 Å². The Kier molecular flexibility index (Phi) is 5.85. The molecule has 7 heteroatoms. The predicted molar refractivity (Wildman–Crippen MR) is 99.3 cm³/mol. The molecule has 0 radical (unpaired) electrons. The van der Waals surface area contributed by atoms with Gasteiger partial charge in [-0.3, -0.25) is 19.5 Å². The van der Waals surface area contributed by atoms with Crippen molar-refractivity contribution in [3.05, 3.63) is 58.9 Å². The number of piperidine rings is 1. The molecular formula is C19H20ClN3O3. The third-order valence-corrected chi connectivity index (χ3v) is 4.76. The number of anilines is 1. The van der Waals surface area contributed by atoms with Gasteiger partial charge in [-0.05, 0) is 62.3 Å². The lowest BCUT2D eigenvalue weighted by Gasteiger charge is -2.29. The zero-order chi connectivity index (χ0) is 18.5. The van der Waals surface area contributed by atoms with Crippen LogP contribution in [0.25, 0.3) is 0 Å². The molecule has 136 valence electrons. The number of rotatable bonds is 5. The zero-order valence-corrected chi connectivity index (χ0v) is 14.9. The molecule has 1 aromatic heterocycles. The number of hydrogen-bond donors (Lipinski definition) is 2. The Balaban J connectivity index is 1.59. The van der Waals surface area contributed by atoms with Gasteiger partial charge in [0, 0.05) is 29.0 Å². The van der Waals surface area contributed by atoms with Crippen LogP contribution >= 0.6 is 11.6 Å². The van der Waals surface area contributed by atoms with Crippen LogP contribution in [0.4, 0.5) is 5.69 Å². The summed E-state index contributed by atoms with van der Waals surface area (Å²) in [4.78, 5) is 29.8. The van der Waals surface area contributed by atoms with Crippen molar-refractivity contribution in [3.8, 4) is 0 Å².